The predicted molar refractivity (Wildman–Crippen MR) is 118 cm³/mol. The molecule has 178 valence electrons. The summed E-state index contributed by atoms with van der Waals surface area (Å²) < 4.78 is 44.0. The Kier molecular flexibility index (Phi) is 7.00. The third kappa shape index (κ3) is 5.47. The van der Waals surface area contributed by atoms with Crippen LogP contribution in [0, 0.1) is 0 Å². The van der Waals surface area contributed by atoms with Crippen molar-refractivity contribution in [2.75, 3.05) is 6.54 Å². The van der Waals surface area contributed by atoms with Crippen LogP contribution < -0.4 is 5.32 Å². The van der Waals surface area contributed by atoms with Crippen molar-refractivity contribution in [1.29, 1.82) is 0 Å². The minimum atomic E-state index is -4.45. The molecular formula is C25H24F3N3O3. The number of hydrogen-bond acceptors (Lipinski definition) is 4. The Labute approximate surface area is 194 Å². The van der Waals surface area contributed by atoms with Gasteiger partial charge < -0.3 is 14.6 Å². The van der Waals surface area contributed by atoms with Crippen LogP contribution in [0.1, 0.15) is 52.5 Å². The third-order valence-electron chi connectivity index (χ3n) is 5.92. The van der Waals surface area contributed by atoms with E-state index in [9.17, 15) is 22.8 Å². The molecule has 1 fully saturated rings. The number of carbonyl (C=O) groups excluding carboxylic acids is 2. The molecule has 1 N–H and O–H groups in total. The Morgan fingerprint density at radius 1 is 1.12 bits per heavy atom. The highest BCUT2D eigenvalue weighted by Gasteiger charge is 2.34. The molecule has 2 aromatic heterocycles. The first-order valence-corrected chi connectivity index (χ1v) is 11.0. The third-order valence-corrected chi connectivity index (χ3v) is 5.92. The van der Waals surface area contributed by atoms with Gasteiger partial charge in [0.25, 0.3) is 5.91 Å². The van der Waals surface area contributed by atoms with E-state index in [0.29, 0.717) is 12.1 Å². The summed E-state index contributed by atoms with van der Waals surface area (Å²) in [6, 6.07) is 10.2. The zero-order valence-electron chi connectivity index (χ0n) is 18.3. The molecule has 6 nitrogen and oxygen atoms in total. The molecule has 34 heavy (non-hydrogen) atoms. The average molecular weight is 471 g/mol. The first-order valence-electron chi connectivity index (χ1n) is 11.0. The standard InChI is InChI=1S/C25H24F3N3O3/c26-25(27,28)19-10-8-17(9-11-19)15-20(30-23(32)22-7-4-14-34-22)24(33)31-13-2-1-6-21(31)18-5-3-12-29-16-18/h3-5,7-12,14,16,20-21H,1-2,6,13,15H2,(H,30,32)/t20-,21+/m0/s1. The lowest BCUT2D eigenvalue weighted by molar-refractivity contribution is -0.138. The number of carbonyl (C=O) groups is 2. The lowest BCUT2D eigenvalue weighted by atomic mass is 9.94. The van der Waals surface area contributed by atoms with Crippen LogP contribution in [0.25, 0.3) is 0 Å². The SMILES string of the molecule is O=C(N[C@@H](Cc1ccc(C(F)(F)F)cc1)C(=O)N1CCCC[C@@H]1c1cccnc1)c1ccco1. The molecule has 1 aliphatic heterocycles. The number of nitrogens with zero attached hydrogens (tertiary/aromatic N) is 2. The number of rotatable bonds is 6. The van der Waals surface area contributed by atoms with Crippen LogP contribution in [-0.4, -0.2) is 34.3 Å². The molecule has 3 heterocycles. The number of nitrogens with one attached hydrogen (secondary N) is 1. The Morgan fingerprint density at radius 2 is 1.91 bits per heavy atom. The molecule has 0 spiro atoms. The zero-order valence-corrected chi connectivity index (χ0v) is 18.3. The van der Waals surface area contributed by atoms with Crippen LogP contribution in [0.3, 0.4) is 0 Å². The molecule has 0 saturated carbocycles. The second-order valence-corrected chi connectivity index (χ2v) is 8.23. The van der Waals surface area contributed by atoms with Crippen molar-refractivity contribution in [3.8, 4) is 0 Å². The Bertz CT molecular complexity index is 1100. The molecule has 1 aromatic carbocycles. The second kappa shape index (κ2) is 10.1. The fourth-order valence-corrected chi connectivity index (χ4v) is 4.22. The van der Waals surface area contributed by atoms with Gasteiger partial charge >= 0.3 is 6.18 Å². The van der Waals surface area contributed by atoms with Gasteiger partial charge in [-0.1, -0.05) is 18.2 Å². The molecular weight excluding hydrogens is 447 g/mol. The maximum absolute atomic E-state index is 13.7. The van der Waals surface area contributed by atoms with Crippen LogP contribution >= 0.6 is 0 Å². The van der Waals surface area contributed by atoms with E-state index in [1.165, 1.54) is 24.5 Å². The molecule has 0 aliphatic carbocycles. The van der Waals surface area contributed by atoms with Gasteiger partial charge in [0, 0.05) is 25.4 Å². The number of furan rings is 1. The first kappa shape index (κ1) is 23.5. The van der Waals surface area contributed by atoms with Gasteiger partial charge in [0.15, 0.2) is 5.76 Å². The highest BCUT2D eigenvalue weighted by atomic mass is 19.4. The second-order valence-electron chi connectivity index (χ2n) is 8.23. The number of piperidine rings is 1. The Balaban J connectivity index is 1.59. The van der Waals surface area contributed by atoms with Crippen LogP contribution in [0.4, 0.5) is 13.2 Å². The smallest absolute Gasteiger partial charge is 0.416 e. The topological polar surface area (TPSA) is 75.4 Å². The largest absolute Gasteiger partial charge is 0.459 e. The van der Waals surface area contributed by atoms with Gasteiger partial charge in [0.1, 0.15) is 6.04 Å². The molecule has 1 aliphatic rings. The monoisotopic (exact) mass is 471 g/mol. The van der Waals surface area contributed by atoms with Gasteiger partial charge in [-0.15, -0.1) is 0 Å². The average Bonchev–Trinajstić information content (AvgIpc) is 3.39. The number of alkyl halides is 3. The van der Waals surface area contributed by atoms with Crippen LogP contribution in [-0.2, 0) is 17.4 Å². The summed E-state index contributed by atoms with van der Waals surface area (Å²) in [4.78, 5) is 32.3. The lowest BCUT2D eigenvalue weighted by Crippen LogP contribution is -2.51. The Hall–Kier alpha value is -3.62. The van der Waals surface area contributed by atoms with E-state index in [1.807, 2.05) is 12.1 Å². The molecule has 9 heteroatoms. The molecule has 0 unspecified atom stereocenters. The Morgan fingerprint density at radius 3 is 2.56 bits per heavy atom. The van der Waals surface area contributed by atoms with Crippen molar-refractivity contribution in [2.24, 2.45) is 0 Å². The van der Waals surface area contributed by atoms with E-state index in [0.717, 1.165) is 37.0 Å². The van der Waals surface area contributed by atoms with Gasteiger partial charge in [-0.05, 0) is 60.7 Å². The highest BCUT2D eigenvalue weighted by molar-refractivity contribution is 5.95. The lowest BCUT2D eigenvalue weighted by Gasteiger charge is -2.38. The summed E-state index contributed by atoms with van der Waals surface area (Å²) in [5.74, 6) is -0.814. The molecule has 0 radical (unpaired) electrons. The van der Waals surface area contributed by atoms with E-state index in [-0.39, 0.29) is 24.1 Å². The number of benzene rings is 1. The number of hydrogen-bond donors (Lipinski definition) is 1. The molecule has 0 bridgehead atoms. The zero-order chi connectivity index (χ0) is 24.1. The molecule has 2 atom stereocenters. The fourth-order valence-electron chi connectivity index (χ4n) is 4.22. The normalized spacial score (nSPS) is 17.3. The van der Waals surface area contributed by atoms with Crippen molar-refractivity contribution in [3.05, 3.63) is 89.6 Å². The molecule has 3 aromatic rings. The van der Waals surface area contributed by atoms with Crippen molar-refractivity contribution in [2.45, 2.75) is 43.9 Å². The quantitative estimate of drug-likeness (QED) is 0.561. The van der Waals surface area contributed by atoms with Crippen molar-refractivity contribution in [1.82, 2.24) is 15.2 Å². The van der Waals surface area contributed by atoms with E-state index in [2.05, 4.69) is 10.3 Å². The fraction of sp³-hybridized carbons (Fsp3) is 0.320. The van der Waals surface area contributed by atoms with E-state index in [1.54, 1.807) is 23.4 Å². The van der Waals surface area contributed by atoms with Gasteiger partial charge in [0.05, 0.1) is 17.9 Å². The van der Waals surface area contributed by atoms with E-state index >= 15 is 0 Å². The van der Waals surface area contributed by atoms with Crippen LogP contribution in [0.5, 0.6) is 0 Å². The summed E-state index contributed by atoms with van der Waals surface area (Å²) >= 11 is 0. The summed E-state index contributed by atoms with van der Waals surface area (Å²) in [6.45, 7) is 0.512. The summed E-state index contributed by atoms with van der Waals surface area (Å²) in [5.41, 5.74) is 0.633. The van der Waals surface area contributed by atoms with Gasteiger partial charge in [-0.25, -0.2) is 0 Å². The first-order chi connectivity index (χ1) is 16.3. The predicted octanol–water partition coefficient (Wildman–Crippen LogP) is 4.79. The van der Waals surface area contributed by atoms with Crippen molar-refractivity contribution >= 4 is 11.8 Å². The molecule has 4 rings (SSSR count). The van der Waals surface area contributed by atoms with Crippen LogP contribution in [0.15, 0.2) is 71.6 Å². The van der Waals surface area contributed by atoms with Crippen molar-refractivity contribution in [3.63, 3.8) is 0 Å². The number of likely N-dealkylation sites (tertiary alicyclic amines) is 1. The maximum atomic E-state index is 13.7. The number of halogens is 3. The molecule has 1 saturated heterocycles. The highest BCUT2D eigenvalue weighted by Crippen LogP contribution is 2.32. The number of amides is 2. The summed E-state index contributed by atoms with van der Waals surface area (Å²) in [6.07, 6.45) is 2.86. The van der Waals surface area contributed by atoms with Gasteiger partial charge in [0.2, 0.25) is 5.91 Å². The van der Waals surface area contributed by atoms with Gasteiger partial charge in [-0.2, -0.15) is 13.2 Å². The maximum Gasteiger partial charge on any atom is 0.416 e. The number of pyridine rings is 1. The van der Waals surface area contributed by atoms with E-state index < -0.39 is 23.7 Å². The number of aromatic nitrogens is 1. The summed E-state index contributed by atoms with van der Waals surface area (Å²) in [7, 11) is 0. The van der Waals surface area contributed by atoms with Gasteiger partial charge in [-0.3, -0.25) is 14.6 Å². The van der Waals surface area contributed by atoms with E-state index in [4.69, 9.17) is 4.42 Å². The molecule has 2 amide bonds. The van der Waals surface area contributed by atoms with Crippen LogP contribution in [0.2, 0.25) is 0 Å². The van der Waals surface area contributed by atoms with Crippen molar-refractivity contribution < 1.29 is 27.2 Å². The minimum absolute atomic E-state index is 0.0413. The summed E-state index contributed by atoms with van der Waals surface area (Å²) in [5, 5.41) is 2.72. The minimum Gasteiger partial charge on any atom is -0.459 e.